The number of para-hydroxylation sites is 1. The van der Waals surface area contributed by atoms with Gasteiger partial charge in [-0.15, -0.1) is 0 Å². The Kier molecular flexibility index (Phi) is 7.92. The van der Waals surface area contributed by atoms with Gasteiger partial charge in [-0.2, -0.15) is 5.26 Å². The fraction of sp³-hybridized carbons (Fsp3) is 0.0417. The van der Waals surface area contributed by atoms with Crippen LogP contribution in [0.2, 0.25) is 10.0 Å². The number of hydrogen-bond acceptors (Lipinski definition) is 5. The highest BCUT2D eigenvalue weighted by molar-refractivity contribution is 6.42. The van der Waals surface area contributed by atoms with E-state index in [-0.39, 0.29) is 17.9 Å². The zero-order chi connectivity index (χ0) is 23.8. The number of nitrogens with zero attached hydrogens (tertiary/aromatic N) is 1. The topological polar surface area (TPSA) is 111 Å². The molecule has 0 fully saturated rings. The summed E-state index contributed by atoms with van der Waals surface area (Å²) in [5, 5.41) is 24.7. The second-order valence-electron chi connectivity index (χ2n) is 6.67. The zero-order valence-corrected chi connectivity index (χ0v) is 18.5. The van der Waals surface area contributed by atoms with E-state index in [1.807, 2.05) is 6.07 Å². The first-order valence-corrected chi connectivity index (χ1v) is 10.3. The van der Waals surface area contributed by atoms with Crippen molar-refractivity contribution in [1.82, 2.24) is 0 Å². The first kappa shape index (κ1) is 23.7. The van der Waals surface area contributed by atoms with Crippen molar-refractivity contribution in [3.8, 4) is 17.6 Å². The quantitative estimate of drug-likeness (QED) is 0.242. The molecule has 0 radical (unpaired) electrons. The first-order chi connectivity index (χ1) is 15.9. The molecule has 3 rings (SSSR count). The molecule has 9 heteroatoms. The predicted molar refractivity (Wildman–Crippen MR) is 127 cm³/mol. The van der Waals surface area contributed by atoms with Crippen LogP contribution in [0.1, 0.15) is 5.56 Å². The Bertz CT molecular complexity index is 1250. The van der Waals surface area contributed by atoms with Crippen molar-refractivity contribution >= 4 is 52.5 Å². The Morgan fingerprint density at radius 3 is 2.36 bits per heavy atom. The van der Waals surface area contributed by atoms with Crippen molar-refractivity contribution in [2.75, 3.05) is 17.2 Å². The van der Waals surface area contributed by atoms with Gasteiger partial charge in [0.15, 0.2) is 6.61 Å². The third-order valence-corrected chi connectivity index (χ3v) is 5.01. The SMILES string of the molecule is N#CC(=Cc1ccccc1OCC(=O)Nc1ccc(Cl)c(Cl)c1)C(=O)Nc1ccc(O)cc1. The molecule has 166 valence electrons. The van der Waals surface area contributed by atoms with Gasteiger partial charge in [0.05, 0.1) is 10.0 Å². The second-order valence-corrected chi connectivity index (χ2v) is 7.49. The number of halogens is 2. The Labute approximate surface area is 199 Å². The molecular weight excluding hydrogens is 465 g/mol. The Balaban J connectivity index is 1.69. The predicted octanol–water partition coefficient (Wildman–Crippen LogP) is 5.26. The molecule has 0 saturated heterocycles. The molecule has 3 aromatic carbocycles. The number of hydrogen-bond donors (Lipinski definition) is 3. The third-order valence-electron chi connectivity index (χ3n) is 4.27. The number of rotatable bonds is 7. The molecule has 0 aliphatic heterocycles. The maximum Gasteiger partial charge on any atom is 0.266 e. The molecule has 0 unspecified atom stereocenters. The number of phenolic OH excluding ortho intramolecular Hbond substituents is 1. The molecule has 0 aliphatic carbocycles. The highest BCUT2D eigenvalue weighted by atomic mass is 35.5. The van der Waals surface area contributed by atoms with Gasteiger partial charge in [0.1, 0.15) is 23.1 Å². The number of carbonyl (C=O) groups is 2. The highest BCUT2D eigenvalue weighted by Gasteiger charge is 2.12. The molecule has 7 nitrogen and oxygen atoms in total. The largest absolute Gasteiger partial charge is 0.508 e. The minimum atomic E-state index is -0.629. The normalized spacial score (nSPS) is 10.8. The second kappa shape index (κ2) is 11.0. The Morgan fingerprint density at radius 1 is 0.970 bits per heavy atom. The number of amides is 2. The number of benzene rings is 3. The molecule has 3 aromatic rings. The van der Waals surface area contributed by atoms with Crippen molar-refractivity contribution in [1.29, 1.82) is 5.26 Å². The minimum Gasteiger partial charge on any atom is -0.508 e. The van der Waals surface area contributed by atoms with Gasteiger partial charge in [-0.3, -0.25) is 9.59 Å². The van der Waals surface area contributed by atoms with Crippen LogP contribution in [0.15, 0.2) is 72.3 Å². The summed E-state index contributed by atoms with van der Waals surface area (Å²) in [6.45, 7) is -0.313. The maximum absolute atomic E-state index is 12.5. The molecule has 2 amide bonds. The molecule has 0 saturated carbocycles. The van der Waals surface area contributed by atoms with Crippen molar-refractivity contribution in [3.63, 3.8) is 0 Å². The van der Waals surface area contributed by atoms with Crippen LogP contribution < -0.4 is 15.4 Å². The van der Waals surface area contributed by atoms with Gasteiger partial charge in [-0.05, 0) is 54.6 Å². The van der Waals surface area contributed by atoms with E-state index in [4.69, 9.17) is 27.9 Å². The third kappa shape index (κ3) is 6.74. The van der Waals surface area contributed by atoms with Gasteiger partial charge in [-0.25, -0.2) is 0 Å². The van der Waals surface area contributed by atoms with Gasteiger partial charge in [0, 0.05) is 16.9 Å². The number of nitriles is 1. The molecule has 0 bridgehead atoms. The van der Waals surface area contributed by atoms with Crippen LogP contribution in [-0.4, -0.2) is 23.5 Å². The van der Waals surface area contributed by atoms with Crippen molar-refractivity contribution in [2.24, 2.45) is 0 Å². The van der Waals surface area contributed by atoms with E-state index in [0.29, 0.717) is 32.7 Å². The van der Waals surface area contributed by atoms with Crippen LogP contribution in [0, 0.1) is 11.3 Å². The van der Waals surface area contributed by atoms with E-state index >= 15 is 0 Å². The van der Waals surface area contributed by atoms with E-state index in [9.17, 15) is 20.0 Å². The average Bonchev–Trinajstić information content (AvgIpc) is 2.80. The lowest BCUT2D eigenvalue weighted by molar-refractivity contribution is -0.118. The van der Waals surface area contributed by atoms with Crippen LogP contribution in [0.3, 0.4) is 0 Å². The molecule has 0 aliphatic rings. The van der Waals surface area contributed by atoms with E-state index in [2.05, 4.69) is 10.6 Å². The van der Waals surface area contributed by atoms with E-state index in [1.54, 1.807) is 36.4 Å². The fourth-order valence-electron chi connectivity index (χ4n) is 2.69. The zero-order valence-electron chi connectivity index (χ0n) is 17.0. The van der Waals surface area contributed by atoms with Crippen LogP contribution in [-0.2, 0) is 9.59 Å². The van der Waals surface area contributed by atoms with Gasteiger partial charge >= 0.3 is 0 Å². The van der Waals surface area contributed by atoms with E-state index in [1.165, 1.54) is 36.4 Å². The van der Waals surface area contributed by atoms with Crippen LogP contribution >= 0.6 is 23.2 Å². The standard InChI is InChI=1S/C24H17Cl2N3O4/c25-20-10-7-18(12-21(20)26)28-23(31)14-33-22-4-2-1-3-15(22)11-16(13-27)24(32)29-17-5-8-19(30)9-6-17/h1-12,30H,14H2,(H,28,31)(H,29,32). The summed E-state index contributed by atoms with van der Waals surface area (Å²) in [6.07, 6.45) is 1.36. The number of phenols is 1. The molecule has 3 N–H and O–H groups in total. The van der Waals surface area contributed by atoms with Crippen molar-refractivity contribution in [2.45, 2.75) is 0 Å². The summed E-state index contributed by atoms with van der Waals surface area (Å²) in [4.78, 5) is 24.7. The smallest absolute Gasteiger partial charge is 0.266 e. The number of anilines is 2. The van der Waals surface area contributed by atoms with Crippen LogP contribution in [0.4, 0.5) is 11.4 Å². The number of ether oxygens (including phenoxy) is 1. The first-order valence-electron chi connectivity index (χ1n) is 9.54. The molecule has 0 atom stereocenters. The number of nitrogens with one attached hydrogen (secondary N) is 2. The van der Waals surface area contributed by atoms with Gasteiger partial charge < -0.3 is 20.5 Å². The van der Waals surface area contributed by atoms with Crippen molar-refractivity contribution in [3.05, 3.63) is 87.9 Å². The van der Waals surface area contributed by atoms with Crippen LogP contribution in [0.25, 0.3) is 6.08 Å². The van der Waals surface area contributed by atoms with Gasteiger partial charge in [-0.1, -0.05) is 41.4 Å². The monoisotopic (exact) mass is 481 g/mol. The molecule has 33 heavy (non-hydrogen) atoms. The van der Waals surface area contributed by atoms with E-state index in [0.717, 1.165) is 0 Å². The Hall–Kier alpha value is -3.99. The number of carbonyl (C=O) groups excluding carboxylic acids is 2. The van der Waals surface area contributed by atoms with Gasteiger partial charge in [0.2, 0.25) is 0 Å². The molecule has 0 heterocycles. The lowest BCUT2D eigenvalue weighted by Crippen LogP contribution is -2.20. The van der Waals surface area contributed by atoms with E-state index < -0.39 is 11.8 Å². The molecule has 0 spiro atoms. The molecular formula is C24H17Cl2N3O4. The van der Waals surface area contributed by atoms with Crippen molar-refractivity contribution < 1.29 is 19.4 Å². The van der Waals surface area contributed by atoms with Gasteiger partial charge in [0.25, 0.3) is 11.8 Å². The highest BCUT2D eigenvalue weighted by Crippen LogP contribution is 2.25. The maximum atomic E-state index is 12.5. The summed E-state index contributed by atoms with van der Waals surface area (Å²) in [7, 11) is 0. The number of aromatic hydroxyl groups is 1. The lowest BCUT2D eigenvalue weighted by Gasteiger charge is -2.11. The summed E-state index contributed by atoms with van der Waals surface area (Å²) < 4.78 is 5.60. The fourth-order valence-corrected chi connectivity index (χ4v) is 2.99. The lowest BCUT2D eigenvalue weighted by atomic mass is 10.1. The summed E-state index contributed by atoms with van der Waals surface area (Å²) in [5.41, 5.74) is 1.16. The molecule has 0 aromatic heterocycles. The minimum absolute atomic E-state index is 0.0540. The van der Waals surface area contributed by atoms with Crippen LogP contribution in [0.5, 0.6) is 11.5 Å². The summed E-state index contributed by atoms with van der Waals surface area (Å²) >= 11 is 11.8. The summed E-state index contributed by atoms with van der Waals surface area (Å²) in [6, 6.07) is 19.1. The Morgan fingerprint density at radius 2 is 1.67 bits per heavy atom. The average molecular weight is 482 g/mol. The summed E-state index contributed by atoms with van der Waals surface area (Å²) in [5.74, 6) is -0.696.